The molecule has 0 saturated heterocycles. The molecule has 0 aliphatic heterocycles. The summed E-state index contributed by atoms with van der Waals surface area (Å²) < 4.78 is 32.6. The molecule has 5 fully saturated rings. The number of fused-ring (bicyclic) bond motifs is 7. The standard InChI is InChI=1S/C36H52O5S/c1-23(2)25-15-20-36(31(37)38)22-21-34(6)26(30(25)36)13-14-28-33(5)18-17-29(32(3,4)27(33)16-19-35(28,34)7)41-42(39,40)24-11-9-8-10-12-24/h8-12,25-30H,1,13-22H2,2-7H3,(H,37,38)/t25-,26+,27-,28+,29-,30+,33-,34+,35+,36-/m0/s1. The zero-order valence-electron chi connectivity index (χ0n) is 26.6. The molecule has 0 unspecified atom stereocenters. The van der Waals surface area contributed by atoms with E-state index in [1.165, 1.54) is 5.57 Å². The summed E-state index contributed by atoms with van der Waals surface area (Å²) in [7, 11) is -3.84. The van der Waals surface area contributed by atoms with E-state index in [0.717, 1.165) is 64.2 Å². The van der Waals surface area contributed by atoms with Gasteiger partial charge in [0, 0.05) is 0 Å². The van der Waals surface area contributed by atoms with E-state index in [-0.39, 0.29) is 38.6 Å². The van der Waals surface area contributed by atoms with Crippen molar-refractivity contribution in [2.24, 2.45) is 56.7 Å². The summed E-state index contributed by atoms with van der Waals surface area (Å²) in [6, 6.07) is 8.55. The Morgan fingerprint density at radius 3 is 2.19 bits per heavy atom. The summed E-state index contributed by atoms with van der Waals surface area (Å²) in [5.74, 6) is 1.19. The zero-order chi connectivity index (χ0) is 30.5. The highest BCUT2D eigenvalue weighted by molar-refractivity contribution is 7.86. The predicted molar refractivity (Wildman–Crippen MR) is 165 cm³/mol. The van der Waals surface area contributed by atoms with Gasteiger partial charge in [-0.2, -0.15) is 8.42 Å². The normalized spacial score (nSPS) is 46.0. The second-order valence-electron chi connectivity index (χ2n) is 16.4. The molecule has 0 bridgehead atoms. The Labute approximate surface area is 254 Å². The minimum Gasteiger partial charge on any atom is -0.481 e. The Kier molecular flexibility index (Phi) is 6.99. The first kappa shape index (κ1) is 30.4. The minimum absolute atomic E-state index is 0.0830. The molecule has 5 aliphatic rings. The van der Waals surface area contributed by atoms with Crippen molar-refractivity contribution in [1.29, 1.82) is 0 Å². The van der Waals surface area contributed by atoms with E-state index in [0.29, 0.717) is 23.7 Å². The number of aliphatic carboxylic acids is 1. The van der Waals surface area contributed by atoms with Crippen LogP contribution in [0.2, 0.25) is 0 Å². The number of benzene rings is 1. The third-order valence-corrected chi connectivity index (χ3v) is 16.0. The topological polar surface area (TPSA) is 80.7 Å². The zero-order valence-corrected chi connectivity index (χ0v) is 27.4. The van der Waals surface area contributed by atoms with E-state index < -0.39 is 21.5 Å². The van der Waals surface area contributed by atoms with Crippen LogP contribution in [0.25, 0.3) is 0 Å². The van der Waals surface area contributed by atoms with E-state index in [1.807, 2.05) is 6.07 Å². The van der Waals surface area contributed by atoms with Crippen molar-refractivity contribution in [3.8, 4) is 0 Å². The average Bonchev–Trinajstić information content (AvgIpc) is 3.33. The molecule has 5 aliphatic carbocycles. The summed E-state index contributed by atoms with van der Waals surface area (Å²) in [6.45, 7) is 18.6. The van der Waals surface area contributed by atoms with Gasteiger partial charge in [-0.25, -0.2) is 0 Å². The quantitative estimate of drug-likeness (QED) is 0.272. The first-order valence-electron chi connectivity index (χ1n) is 16.4. The lowest BCUT2D eigenvalue weighted by Crippen LogP contribution is -2.67. The van der Waals surface area contributed by atoms with E-state index in [2.05, 4.69) is 48.1 Å². The molecule has 1 N–H and O–H groups in total. The van der Waals surface area contributed by atoms with Gasteiger partial charge in [0.15, 0.2) is 0 Å². The Balaban J connectivity index is 1.31. The number of carbonyl (C=O) groups is 1. The largest absolute Gasteiger partial charge is 0.481 e. The fourth-order valence-corrected chi connectivity index (χ4v) is 13.7. The number of carboxylic acids is 1. The molecule has 1 aromatic carbocycles. The highest BCUT2D eigenvalue weighted by Gasteiger charge is 2.72. The third-order valence-electron chi connectivity index (χ3n) is 14.7. The van der Waals surface area contributed by atoms with Crippen LogP contribution in [0.15, 0.2) is 47.4 Å². The first-order valence-corrected chi connectivity index (χ1v) is 17.8. The van der Waals surface area contributed by atoms with Crippen molar-refractivity contribution in [2.45, 2.75) is 117 Å². The second-order valence-corrected chi connectivity index (χ2v) is 17.9. The smallest absolute Gasteiger partial charge is 0.309 e. The summed E-state index contributed by atoms with van der Waals surface area (Å²) in [6.07, 6.45) is 9.26. The Morgan fingerprint density at radius 2 is 1.55 bits per heavy atom. The summed E-state index contributed by atoms with van der Waals surface area (Å²) in [5.41, 5.74) is 0.579. The maximum atomic E-state index is 13.3. The molecule has 0 spiro atoms. The molecule has 6 rings (SSSR count). The van der Waals surface area contributed by atoms with Gasteiger partial charge in [-0.1, -0.05) is 65.0 Å². The van der Waals surface area contributed by atoms with Crippen LogP contribution >= 0.6 is 0 Å². The minimum atomic E-state index is -3.84. The lowest BCUT2D eigenvalue weighted by Gasteiger charge is -2.72. The molecule has 6 heteroatoms. The van der Waals surface area contributed by atoms with Gasteiger partial charge >= 0.3 is 5.97 Å². The molecule has 1 aromatic rings. The van der Waals surface area contributed by atoms with Gasteiger partial charge in [-0.3, -0.25) is 8.98 Å². The molecule has 0 radical (unpaired) electrons. The van der Waals surface area contributed by atoms with Crippen molar-refractivity contribution in [1.82, 2.24) is 0 Å². The van der Waals surface area contributed by atoms with Crippen molar-refractivity contribution < 1.29 is 22.5 Å². The maximum Gasteiger partial charge on any atom is 0.309 e. The number of allylic oxidation sites excluding steroid dienone is 1. The molecular weight excluding hydrogens is 544 g/mol. The van der Waals surface area contributed by atoms with E-state index in [1.54, 1.807) is 24.3 Å². The van der Waals surface area contributed by atoms with Crippen LogP contribution in [0, 0.1) is 56.7 Å². The van der Waals surface area contributed by atoms with Gasteiger partial charge in [0.2, 0.25) is 0 Å². The monoisotopic (exact) mass is 596 g/mol. The second kappa shape index (κ2) is 9.67. The number of rotatable bonds is 5. The van der Waals surface area contributed by atoms with Crippen LogP contribution < -0.4 is 0 Å². The Hall–Kier alpha value is -1.66. The molecule has 42 heavy (non-hydrogen) atoms. The van der Waals surface area contributed by atoms with Crippen molar-refractivity contribution in [3.05, 3.63) is 42.5 Å². The average molecular weight is 597 g/mol. The molecule has 0 amide bonds. The summed E-state index contributed by atoms with van der Waals surface area (Å²) >= 11 is 0. The highest BCUT2D eigenvalue weighted by Crippen LogP contribution is 2.77. The Morgan fingerprint density at radius 1 is 0.857 bits per heavy atom. The van der Waals surface area contributed by atoms with Gasteiger partial charge in [0.25, 0.3) is 10.1 Å². The molecular formula is C36H52O5S. The predicted octanol–water partition coefficient (Wildman–Crippen LogP) is 8.50. The molecule has 5 saturated carbocycles. The van der Waals surface area contributed by atoms with E-state index in [9.17, 15) is 18.3 Å². The van der Waals surface area contributed by atoms with Crippen LogP contribution in [0.5, 0.6) is 0 Å². The summed E-state index contributed by atoms with van der Waals surface area (Å²) in [4.78, 5) is 13.1. The third kappa shape index (κ3) is 3.95. The van der Waals surface area contributed by atoms with Crippen LogP contribution in [0.4, 0.5) is 0 Å². The molecule has 0 aromatic heterocycles. The fraction of sp³-hybridized carbons (Fsp3) is 0.750. The number of hydrogen-bond acceptors (Lipinski definition) is 4. The molecule has 10 atom stereocenters. The van der Waals surface area contributed by atoms with Crippen LogP contribution in [0.3, 0.4) is 0 Å². The van der Waals surface area contributed by atoms with Gasteiger partial charge in [-0.05, 0) is 135 Å². The van der Waals surface area contributed by atoms with Crippen molar-refractivity contribution in [2.75, 3.05) is 0 Å². The van der Waals surface area contributed by atoms with Crippen molar-refractivity contribution >= 4 is 16.1 Å². The van der Waals surface area contributed by atoms with Gasteiger partial charge < -0.3 is 5.11 Å². The van der Waals surface area contributed by atoms with Gasteiger partial charge in [-0.15, -0.1) is 0 Å². The van der Waals surface area contributed by atoms with Gasteiger partial charge in [0.1, 0.15) is 0 Å². The maximum absolute atomic E-state index is 13.3. The van der Waals surface area contributed by atoms with Crippen LogP contribution in [-0.2, 0) is 19.1 Å². The van der Waals surface area contributed by atoms with E-state index in [4.69, 9.17) is 4.18 Å². The lowest BCUT2D eigenvalue weighted by atomic mass is 9.32. The highest BCUT2D eigenvalue weighted by atomic mass is 32.2. The molecule has 0 heterocycles. The number of hydrogen-bond donors (Lipinski definition) is 1. The lowest BCUT2D eigenvalue weighted by molar-refractivity contribution is -0.246. The summed E-state index contributed by atoms with van der Waals surface area (Å²) in [5, 5.41) is 10.6. The first-order chi connectivity index (χ1) is 19.5. The fourth-order valence-electron chi connectivity index (χ4n) is 12.5. The van der Waals surface area contributed by atoms with Crippen LogP contribution in [0.1, 0.15) is 106 Å². The van der Waals surface area contributed by atoms with Gasteiger partial charge in [0.05, 0.1) is 16.4 Å². The number of carboxylic acid groups (broad SMARTS) is 1. The Bertz CT molecular complexity index is 1370. The van der Waals surface area contributed by atoms with Crippen molar-refractivity contribution in [3.63, 3.8) is 0 Å². The van der Waals surface area contributed by atoms with E-state index >= 15 is 0 Å². The molecule has 5 nitrogen and oxygen atoms in total. The molecule has 232 valence electrons. The SMILES string of the molecule is C=C(C)[C@@H]1CC[C@]2(C(=O)O)CC[C@]3(C)[C@H](CC[C@@H]4[C@@]5(C)CC[C@H](OS(=O)(=O)c6ccccc6)C(C)(C)[C@@H]5CC[C@]43C)[C@@H]12. The van der Waals surface area contributed by atoms with Crippen LogP contribution in [-0.4, -0.2) is 25.6 Å².